The summed E-state index contributed by atoms with van der Waals surface area (Å²) in [7, 11) is 1.55. The molecule has 0 amide bonds. The highest BCUT2D eigenvalue weighted by Crippen LogP contribution is 2.20. The number of ether oxygens (including phenoxy) is 1. The minimum absolute atomic E-state index is 0.473. The van der Waals surface area contributed by atoms with Crippen LogP contribution in [0.15, 0.2) is 12.4 Å². The van der Waals surface area contributed by atoms with Gasteiger partial charge < -0.3 is 10.5 Å². The first-order chi connectivity index (χ1) is 8.65. The maximum atomic E-state index is 5.88. The van der Waals surface area contributed by atoms with Crippen LogP contribution in [-0.4, -0.2) is 27.0 Å². The van der Waals surface area contributed by atoms with Crippen LogP contribution in [0.25, 0.3) is 11.5 Å². The number of hydrogen-bond donors (Lipinski definition) is 1. The van der Waals surface area contributed by atoms with Crippen LogP contribution in [0.5, 0.6) is 5.88 Å². The second kappa shape index (κ2) is 4.95. The molecule has 0 saturated carbocycles. The van der Waals surface area contributed by atoms with Crippen molar-refractivity contribution in [1.82, 2.24) is 19.9 Å². The first kappa shape index (κ1) is 12.2. The summed E-state index contributed by atoms with van der Waals surface area (Å²) in [5.74, 6) is 1.45. The second-order valence-electron chi connectivity index (χ2n) is 3.80. The third kappa shape index (κ3) is 2.22. The first-order valence-corrected chi connectivity index (χ1v) is 5.65. The lowest BCUT2D eigenvalue weighted by atomic mass is 10.2. The van der Waals surface area contributed by atoms with Gasteiger partial charge in [-0.25, -0.2) is 19.9 Å². The smallest absolute Gasteiger partial charge is 0.216 e. The van der Waals surface area contributed by atoms with Crippen molar-refractivity contribution in [2.45, 2.75) is 20.3 Å². The number of methoxy groups -OCH3 is 1. The standard InChI is InChI=1S/C12H15N5O/c1-4-8-7(2)11(13)17-12(16-8)9-5-10(18-3)15-6-14-9/h5-6H,4H2,1-3H3,(H2,13,16,17). The molecule has 0 aliphatic carbocycles. The molecule has 0 fully saturated rings. The molecule has 0 bridgehead atoms. The van der Waals surface area contributed by atoms with Crippen molar-refractivity contribution in [2.75, 3.05) is 12.8 Å². The summed E-state index contributed by atoms with van der Waals surface area (Å²) in [5.41, 5.74) is 8.32. The number of rotatable bonds is 3. The fourth-order valence-corrected chi connectivity index (χ4v) is 1.61. The van der Waals surface area contributed by atoms with Crippen LogP contribution in [0.1, 0.15) is 18.2 Å². The Balaban J connectivity index is 2.53. The fourth-order valence-electron chi connectivity index (χ4n) is 1.61. The van der Waals surface area contributed by atoms with E-state index in [0.29, 0.717) is 23.2 Å². The Morgan fingerprint density at radius 3 is 2.72 bits per heavy atom. The molecule has 0 aliphatic rings. The largest absolute Gasteiger partial charge is 0.481 e. The van der Waals surface area contributed by atoms with Crippen molar-refractivity contribution in [2.24, 2.45) is 0 Å². The molecule has 0 saturated heterocycles. The highest BCUT2D eigenvalue weighted by molar-refractivity contribution is 5.55. The van der Waals surface area contributed by atoms with E-state index in [4.69, 9.17) is 10.5 Å². The van der Waals surface area contributed by atoms with Crippen molar-refractivity contribution in [3.05, 3.63) is 23.7 Å². The highest BCUT2D eigenvalue weighted by atomic mass is 16.5. The monoisotopic (exact) mass is 245 g/mol. The summed E-state index contributed by atoms with van der Waals surface area (Å²) in [6, 6.07) is 1.68. The topological polar surface area (TPSA) is 86.8 Å². The molecule has 94 valence electrons. The van der Waals surface area contributed by atoms with E-state index in [2.05, 4.69) is 19.9 Å². The molecule has 2 heterocycles. The fraction of sp³-hybridized carbons (Fsp3) is 0.333. The summed E-state index contributed by atoms with van der Waals surface area (Å²) in [6.45, 7) is 3.94. The van der Waals surface area contributed by atoms with Crippen LogP contribution in [0, 0.1) is 6.92 Å². The summed E-state index contributed by atoms with van der Waals surface area (Å²) in [4.78, 5) is 16.8. The van der Waals surface area contributed by atoms with E-state index in [-0.39, 0.29) is 0 Å². The van der Waals surface area contributed by atoms with Gasteiger partial charge in [-0.1, -0.05) is 6.92 Å². The van der Waals surface area contributed by atoms with E-state index >= 15 is 0 Å². The van der Waals surface area contributed by atoms with Gasteiger partial charge in [-0.2, -0.15) is 0 Å². The van der Waals surface area contributed by atoms with Gasteiger partial charge in [0.1, 0.15) is 17.8 Å². The molecule has 0 radical (unpaired) electrons. The highest BCUT2D eigenvalue weighted by Gasteiger charge is 2.11. The van der Waals surface area contributed by atoms with E-state index in [1.165, 1.54) is 6.33 Å². The second-order valence-corrected chi connectivity index (χ2v) is 3.80. The molecule has 0 aliphatic heterocycles. The molecule has 2 aromatic heterocycles. The summed E-state index contributed by atoms with van der Waals surface area (Å²) in [5, 5.41) is 0. The molecule has 18 heavy (non-hydrogen) atoms. The number of nitrogen functional groups attached to an aromatic ring is 1. The van der Waals surface area contributed by atoms with E-state index in [9.17, 15) is 0 Å². The summed E-state index contributed by atoms with van der Waals surface area (Å²) in [6.07, 6.45) is 2.22. The predicted molar refractivity (Wildman–Crippen MR) is 68.1 cm³/mol. The SMILES string of the molecule is CCc1nc(-c2cc(OC)ncn2)nc(N)c1C. The molecule has 6 nitrogen and oxygen atoms in total. The number of anilines is 1. The Labute approximate surface area is 105 Å². The van der Waals surface area contributed by atoms with Crippen molar-refractivity contribution >= 4 is 5.82 Å². The molecule has 0 unspecified atom stereocenters. The predicted octanol–water partition coefficient (Wildman–Crippen LogP) is 1.40. The minimum atomic E-state index is 0.473. The summed E-state index contributed by atoms with van der Waals surface area (Å²) >= 11 is 0. The Morgan fingerprint density at radius 1 is 1.28 bits per heavy atom. The number of nitrogens with two attached hydrogens (primary N) is 1. The number of hydrogen-bond acceptors (Lipinski definition) is 6. The Bertz CT molecular complexity index is 570. The molecule has 0 aromatic carbocycles. The van der Waals surface area contributed by atoms with E-state index < -0.39 is 0 Å². The Kier molecular flexibility index (Phi) is 3.36. The van der Waals surface area contributed by atoms with Crippen molar-refractivity contribution in [3.8, 4) is 17.4 Å². The van der Waals surface area contributed by atoms with Gasteiger partial charge in [0.2, 0.25) is 5.88 Å². The van der Waals surface area contributed by atoms with Gasteiger partial charge in [0.15, 0.2) is 5.82 Å². The van der Waals surface area contributed by atoms with Crippen molar-refractivity contribution < 1.29 is 4.74 Å². The van der Waals surface area contributed by atoms with Gasteiger partial charge in [-0.3, -0.25) is 0 Å². The van der Waals surface area contributed by atoms with Crippen LogP contribution in [0.3, 0.4) is 0 Å². The van der Waals surface area contributed by atoms with Crippen molar-refractivity contribution in [1.29, 1.82) is 0 Å². The zero-order chi connectivity index (χ0) is 13.1. The molecular formula is C12H15N5O. The average Bonchev–Trinajstić information content (AvgIpc) is 2.41. The molecular weight excluding hydrogens is 230 g/mol. The number of aromatic nitrogens is 4. The van der Waals surface area contributed by atoms with Gasteiger partial charge in [0.05, 0.1) is 7.11 Å². The van der Waals surface area contributed by atoms with Gasteiger partial charge in [0.25, 0.3) is 0 Å². The van der Waals surface area contributed by atoms with Crippen molar-refractivity contribution in [3.63, 3.8) is 0 Å². The third-order valence-corrected chi connectivity index (χ3v) is 2.70. The Morgan fingerprint density at radius 2 is 2.06 bits per heavy atom. The lowest BCUT2D eigenvalue weighted by Gasteiger charge is -2.08. The van der Waals surface area contributed by atoms with Gasteiger partial charge in [-0.05, 0) is 13.3 Å². The average molecular weight is 245 g/mol. The van der Waals surface area contributed by atoms with Crippen LogP contribution in [0.4, 0.5) is 5.82 Å². The first-order valence-electron chi connectivity index (χ1n) is 5.65. The van der Waals surface area contributed by atoms with Gasteiger partial charge >= 0.3 is 0 Å². The van der Waals surface area contributed by atoms with Gasteiger partial charge in [0, 0.05) is 17.3 Å². The number of nitrogens with zero attached hydrogens (tertiary/aromatic N) is 4. The molecule has 2 aromatic rings. The quantitative estimate of drug-likeness (QED) is 0.879. The maximum Gasteiger partial charge on any atom is 0.216 e. The van der Waals surface area contributed by atoms with Crippen LogP contribution in [-0.2, 0) is 6.42 Å². The minimum Gasteiger partial charge on any atom is -0.481 e. The lowest BCUT2D eigenvalue weighted by Crippen LogP contribution is -2.05. The number of aryl methyl sites for hydroxylation is 1. The molecule has 0 atom stereocenters. The third-order valence-electron chi connectivity index (χ3n) is 2.70. The summed E-state index contributed by atoms with van der Waals surface area (Å²) < 4.78 is 5.05. The normalized spacial score (nSPS) is 10.4. The van der Waals surface area contributed by atoms with E-state index in [1.807, 2.05) is 13.8 Å². The zero-order valence-electron chi connectivity index (χ0n) is 10.6. The van der Waals surface area contributed by atoms with E-state index in [0.717, 1.165) is 17.7 Å². The zero-order valence-corrected chi connectivity index (χ0v) is 10.6. The van der Waals surface area contributed by atoms with Crippen LogP contribution >= 0.6 is 0 Å². The van der Waals surface area contributed by atoms with E-state index in [1.54, 1.807) is 13.2 Å². The van der Waals surface area contributed by atoms with Gasteiger partial charge in [-0.15, -0.1) is 0 Å². The van der Waals surface area contributed by atoms with Crippen LogP contribution < -0.4 is 10.5 Å². The van der Waals surface area contributed by atoms with Crippen LogP contribution in [0.2, 0.25) is 0 Å². The molecule has 2 N–H and O–H groups in total. The Hall–Kier alpha value is -2.24. The molecule has 2 rings (SSSR count). The molecule has 0 spiro atoms. The maximum absolute atomic E-state index is 5.88. The lowest BCUT2D eigenvalue weighted by molar-refractivity contribution is 0.397. The molecule has 6 heteroatoms.